The van der Waals surface area contributed by atoms with Crippen LogP contribution in [0, 0.1) is 0 Å². The number of guanidine groups is 1. The maximum atomic E-state index is 6.18. The van der Waals surface area contributed by atoms with Crippen molar-refractivity contribution in [3.63, 3.8) is 0 Å². The fourth-order valence-electron chi connectivity index (χ4n) is 3.47. The summed E-state index contributed by atoms with van der Waals surface area (Å²) >= 11 is 6.18. The van der Waals surface area contributed by atoms with Crippen LogP contribution in [0.1, 0.15) is 32.3 Å². The highest BCUT2D eigenvalue weighted by molar-refractivity contribution is 14.0. The van der Waals surface area contributed by atoms with Gasteiger partial charge >= 0.3 is 0 Å². The van der Waals surface area contributed by atoms with Gasteiger partial charge < -0.3 is 15.4 Å². The molecule has 0 radical (unpaired) electrons. The van der Waals surface area contributed by atoms with Crippen molar-refractivity contribution in [2.75, 3.05) is 45.9 Å². The number of nitrogens with zero attached hydrogens (tertiary/aromatic N) is 2. The molecule has 1 saturated heterocycles. The summed E-state index contributed by atoms with van der Waals surface area (Å²) in [5.41, 5.74) is 1.48. The van der Waals surface area contributed by atoms with Crippen LogP contribution in [0.4, 0.5) is 0 Å². The molecular weight excluding hydrogens is 475 g/mol. The fraction of sp³-hybridized carbons (Fsp3) is 0.650. The lowest BCUT2D eigenvalue weighted by atomic mass is 9.96. The van der Waals surface area contributed by atoms with Crippen molar-refractivity contribution in [3.8, 4) is 0 Å². The summed E-state index contributed by atoms with van der Waals surface area (Å²) < 4.78 is 5.44. The lowest BCUT2D eigenvalue weighted by molar-refractivity contribution is 0.0211. The highest BCUT2D eigenvalue weighted by Crippen LogP contribution is 2.48. The lowest BCUT2D eigenvalue weighted by Crippen LogP contribution is -2.49. The molecule has 1 aliphatic carbocycles. The van der Waals surface area contributed by atoms with Crippen molar-refractivity contribution in [2.24, 2.45) is 4.99 Å². The maximum Gasteiger partial charge on any atom is 0.191 e. The second-order valence-corrected chi connectivity index (χ2v) is 7.80. The van der Waals surface area contributed by atoms with Gasteiger partial charge in [-0.2, -0.15) is 0 Å². The van der Waals surface area contributed by atoms with E-state index in [0.29, 0.717) is 6.04 Å². The number of hydrogen-bond acceptors (Lipinski definition) is 3. The Kier molecular flexibility index (Phi) is 9.11. The molecule has 0 amide bonds. The van der Waals surface area contributed by atoms with Gasteiger partial charge in [0, 0.05) is 42.7 Å². The van der Waals surface area contributed by atoms with E-state index in [9.17, 15) is 0 Å². The highest BCUT2D eigenvalue weighted by atomic mass is 127. The Bertz CT molecular complexity index is 618. The first-order valence-corrected chi connectivity index (χ1v) is 10.1. The molecular formula is C20H32ClIN4O. The average molecular weight is 507 g/mol. The summed E-state index contributed by atoms with van der Waals surface area (Å²) in [7, 11) is 0. The molecule has 2 aliphatic rings. The molecule has 1 aliphatic heterocycles. The number of ether oxygens (including phenoxy) is 1. The molecule has 5 nitrogen and oxygen atoms in total. The first-order chi connectivity index (χ1) is 12.6. The highest BCUT2D eigenvalue weighted by Gasteiger charge is 2.44. The van der Waals surface area contributed by atoms with Crippen LogP contribution >= 0.6 is 35.6 Å². The Hall–Kier alpha value is -0.570. The first-order valence-electron chi connectivity index (χ1n) is 9.73. The third-order valence-corrected chi connectivity index (χ3v) is 5.64. The molecule has 1 aromatic carbocycles. The second kappa shape index (κ2) is 10.8. The molecule has 7 heteroatoms. The number of halogens is 2. The normalized spacial score (nSPS) is 20.5. The Morgan fingerprint density at radius 2 is 2.04 bits per heavy atom. The second-order valence-electron chi connectivity index (χ2n) is 7.36. The quantitative estimate of drug-likeness (QED) is 0.339. The van der Waals surface area contributed by atoms with Gasteiger partial charge in [-0.3, -0.25) is 9.89 Å². The molecule has 1 atom stereocenters. The van der Waals surface area contributed by atoms with Gasteiger partial charge in [0.1, 0.15) is 0 Å². The molecule has 1 heterocycles. The number of nitrogens with one attached hydrogen (secondary N) is 2. The minimum absolute atomic E-state index is 0. The van der Waals surface area contributed by atoms with E-state index >= 15 is 0 Å². The van der Waals surface area contributed by atoms with Gasteiger partial charge in [0.05, 0.1) is 19.8 Å². The summed E-state index contributed by atoms with van der Waals surface area (Å²) in [5, 5.41) is 7.69. The molecule has 152 valence electrons. The van der Waals surface area contributed by atoms with Crippen LogP contribution in [0.2, 0.25) is 5.02 Å². The molecule has 2 N–H and O–H groups in total. The van der Waals surface area contributed by atoms with Gasteiger partial charge in [-0.05, 0) is 44.4 Å². The SMILES string of the molecule is CCNC(=NCC1(c2cccc(Cl)c2)CC1)NCC(C)N1CCOCC1.I. The zero-order valence-corrected chi connectivity index (χ0v) is 19.4. The van der Waals surface area contributed by atoms with Crippen molar-refractivity contribution in [2.45, 2.75) is 38.1 Å². The van der Waals surface area contributed by atoms with Crippen LogP contribution in [0.5, 0.6) is 0 Å². The zero-order valence-electron chi connectivity index (χ0n) is 16.3. The monoisotopic (exact) mass is 506 g/mol. The molecule has 3 rings (SSSR count). The van der Waals surface area contributed by atoms with E-state index in [2.05, 4.69) is 41.5 Å². The average Bonchev–Trinajstić information content (AvgIpc) is 3.46. The van der Waals surface area contributed by atoms with E-state index in [-0.39, 0.29) is 29.4 Å². The molecule has 1 aromatic rings. The summed E-state index contributed by atoms with van der Waals surface area (Å²) in [6.45, 7) is 10.6. The van der Waals surface area contributed by atoms with Crippen LogP contribution in [0.3, 0.4) is 0 Å². The number of hydrogen-bond donors (Lipinski definition) is 2. The van der Waals surface area contributed by atoms with E-state index < -0.39 is 0 Å². The standard InChI is InChI=1S/C20H31ClN4O.HI/c1-3-22-19(23-14-16(2)25-9-11-26-12-10-25)24-15-20(7-8-20)17-5-4-6-18(21)13-17;/h4-6,13,16H,3,7-12,14-15H2,1-2H3,(H2,22,23,24);1H. The summed E-state index contributed by atoms with van der Waals surface area (Å²) in [4.78, 5) is 7.35. The topological polar surface area (TPSA) is 48.9 Å². The van der Waals surface area contributed by atoms with E-state index in [1.165, 1.54) is 18.4 Å². The first kappa shape index (κ1) is 22.7. The number of benzene rings is 1. The molecule has 2 fully saturated rings. The summed E-state index contributed by atoms with van der Waals surface area (Å²) in [6, 6.07) is 8.70. The molecule has 0 spiro atoms. The van der Waals surface area contributed by atoms with Crippen molar-refractivity contribution in [1.82, 2.24) is 15.5 Å². The Labute approximate surface area is 185 Å². The van der Waals surface area contributed by atoms with Crippen molar-refractivity contribution < 1.29 is 4.74 Å². The number of morpholine rings is 1. The zero-order chi connectivity index (χ0) is 18.4. The Morgan fingerprint density at radius 1 is 1.30 bits per heavy atom. The summed E-state index contributed by atoms with van der Waals surface area (Å²) in [5.74, 6) is 0.904. The third-order valence-electron chi connectivity index (χ3n) is 5.41. The minimum atomic E-state index is 0. The molecule has 0 bridgehead atoms. The maximum absolute atomic E-state index is 6.18. The van der Waals surface area contributed by atoms with Crippen molar-refractivity contribution in [1.29, 1.82) is 0 Å². The van der Waals surface area contributed by atoms with Gasteiger partial charge in [-0.15, -0.1) is 24.0 Å². The largest absolute Gasteiger partial charge is 0.379 e. The number of aliphatic imine (C=N–C) groups is 1. The molecule has 0 aromatic heterocycles. The fourth-order valence-corrected chi connectivity index (χ4v) is 3.66. The summed E-state index contributed by atoms with van der Waals surface area (Å²) in [6.07, 6.45) is 2.36. The van der Waals surface area contributed by atoms with Crippen LogP contribution in [-0.4, -0.2) is 62.8 Å². The van der Waals surface area contributed by atoms with E-state index in [4.69, 9.17) is 21.3 Å². The van der Waals surface area contributed by atoms with Gasteiger partial charge in [-0.25, -0.2) is 0 Å². The van der Waals surface area contributed by atoms with E-state index in [1.54, 1.807) is 0 Å². The van der Waals surface area contributed by atoms with Crippen molar-refractivity contribution >= 4 is 41.5 Å². The van der Waals surface area contributed by atoms with Gasteiger partial charge in [0.15, 0.2) is 5.96 Å². The molecule has 27 heavy (non-hydrogen) atoms. The molecule has 1 saturated carbocycles. The van der Waals surface area contributed by atoms with Crippen LogP contribution in [-0.2, 0) is 10.2 Å². The Balaban J connectivity index is 0.00000261. The smallest absolute Gasteiger partial charge is 0.191 e. The van der Waals surface area contributed by atoms with Crippen LogP contribution in [0.25, 0.3) is 0 Å². The van der Waals surface area contributed by atoms with Crippen LogP contribution < -0.4 is 10.6 Å². The van der Waals surface area contributed by atoms with Gasteiger partial charge in [0.25, 0.3) is 0 Å². The van der Waals surface area contributed by atoms with E-state index in [1.807, 2.05) is 12.1 Å². The lowest BCUT2D eigenvalue weighted by Gasteiger charge is -2.32. The van der Waals surface area contributed by atoms with Gasteiger partial charge in [-0.1, -0.05) is 23.7 Å². The molecule has 1 unspecified atom stereocenters. The van der Waals surface area contributed by atoms with Crippen molar-refractivity contribution in [3.05, 3.63) is 34.9 Å². The third kappa shape index (κ3) is 6.48. The van der Waals surface area contributed by atoms with Gasteiger partial charge in [0.2, 0.25) is 0 Å². The predicted octanol–water partition coefficient (Wildman–Crippen LogP) is 3.27. The number of rotatable bonds is 7. The van der Waals surface area contributed by atoms with E-state index in [0.717, 1.165) is 56.9 Å². The Morgan fingerprint density at radius 3 is 2.67 bits per heavy atom. The minimum Gasteiger partial charge on any atom is -0.379 e. The predicted molar refractivity (Wildman–Crippen MR) is 124 cm³/mol. The van der Waals surface area contributed by atoms with Crippen LogP contribution in [0.15, 0.2) is 29.3 Å².